The monoisotopic (exact) mass is 275 g/mol. The minimum atomic E-state index is 0.103. The Kier molecular flexibility index (Phi) is 5.01. The van der Waals surface area contributed by atoms with Crippen LogP contribution in [-0.4, -0.2) is 27.6 Å². The van der Waals surface area contributed by atoms with E-state index in [1.54, 1.807) is 10.9 Å². The Hall–Kier alpha value is -2.01. The van der Waals surface area contributed by atoms with Crippen LogP contribution in [0.25, 0.3) is 0 Å². The van der Waals surface area contributed by atoms with E-state index < -0.39 is 0 Å². The molecule has 0 fully saturated rings. The third-order valence-electron chi connectivity index (χ3n) is 2.74. The molecule has 1 heterocycles. The summed E-state index contributed by atoms with van der Waals surface area (Å²) in [5.74, 6) is 0.876. The molecule has 20 heavy (non-hydrogen) atoms. The van der Waals surface area contributed by atoms with Crippen LogP contribution in [0.15, 0.2) is 36.7 Å². The van der Waals surface area contributed by atoms with Crippen molar-refractivity contribution in [2.75, 3.05) is 11.9 Å². The third kappa shape index (κ3) is 4.28. The van der Waals surface area contributed by atoms with E-state index >= 15 is 0 Å². The van der Waals surface area contributed by atoms with Gasteiger partial charge in [-0.15, -0.1) is 0 Å². The number of benzene rings is 1. The number of aromatic nitrogens is 2. The summed E-state index contributed by atoms with van der Waals surface area (Å²) in [4.78, 5) is 0. The molecule has 0 aliphatic rings. The third-order valence-corrected chi connectivity index (χ3v) is 2.74. The molecular weight excluding hydrogens is 254 g/mol. The molecule has 108 valence electrons. The van der Waals surface area contributed by atoms with Crippen molar-refractivity contribution in [1.82, 2.24) is 9.78 Å². The fourth-order valence-electron chi connectivity index (χ4n) is 1.85. The summed E-state index contributed by atoms with van der Waals surface area (Å²) in [5.41, 5.74) is 2.12. The van der Waals surface area contributed by atoms with E-state index in [4.69, 9.17) is 9.84 Å². The minimum absolute atomic E-state index is 0.103. The molecule has 0 saturated heterocycles. The maximum absolute atomic E-state index is 8.84. The molecule has 0 radical (unpaired) electrons. The van der Waals surface area contributed by atoms with E-state index in [1.165, 1.54) is 0 Å². The number of nitrogens with zero attached hydrogens (tertiary/aromatic N) is 2. The first kappa shape index (κ1) is 14.4. The Bertz CT molecular complexity index is 520. The summed E-state index contributed by atoms with van der Waals surface area (Å²) in [7, 11) is 0. The Morgan fingerprint density at radius 1 is 1.30 bits per heavy atom. The normalized spacial score (nSPS) is 10.8. The molecular formula is C15H21N3O2. The zero-order valence-corrected chi connectivity index (χ0v) is 11.9. The maximum atomic E-state index is 8.84. The molecule has 2 aromatic rings. The number of hydrogen-bond donors (Lipinski definition) is 2. The molecule has 0 spiro atoms. The first-order chi connectivity index (χ1) is 9.67. The molecule has 0 unspecified atom stereocenters. The van der Waals surface area contributed by atoms with Gasteiger partial charge in [-0.25, -0.2) is 0 Å². The summed E-state index contributed by atoms with van der Waals surface area (Å²) in [6.07, 6.45) is 3.92. The Morgan fingerprint density at radius 2 is 2.05 bits per heavy atom. The van der Waals surface area contributed by atoms with E-state index in [0.717, 1.165) is 17.0 Å². The Labute approximate surface area is 119 Å². The van der Waals surface area contributed by atoms with E-state index in [0.29, 0.717) is 13.1 Å². The molecule has 0 bridgehead atoms. The second-order valence-electron chi connectivity index (χ2n) is 4.88. The predicted molar refractivity (Wildman–Crippen MR) is 78.8 cm³/mol. The standard InChI is InChI=1S/C15H21N3O2/c1-12(2)20-15-5-3-14(4-6-15)16-9-13-10-17-18(11-13)7-8-19/h3-6,10-12,16,19H,7-9H2,1-2H3. The van der Waals surface area contributed by atoms with Crippen molar-refractivity contribution in [2.24, 2.45) is 0 Å². The van der Waals surface area contributed by atoms with Crippen LogP contribution in [-0.2, 0) is 13.1 Å². The topological polar surface area (TPSA) is 59.3 Å². The minimum Gasteiger partial charge on any atom is -0.491 e. The maximum Gasteiger partial charge on any atom is 0.119 e. The molecule has 0 saturated carbocycles. The van der Waals surface area contributed by atoms with Crippen LogP contribution in [0.3, 0.4) is 0 Å². The van der Waals surface area contributed by atoms with Gasteiger partial charge in [-0.1, -0.05) is 0 Å². The fraction of sp³-hybridized carbons (Fsp3) is 0.400. The fourth-order valence-corrected chi connectivity index (χ4v) is 1.85. The molecule has 1 aromatic carbocycles. The smallest absolute Gasteiger partial charge is 0.119 e. The number of rotatable bonds is 7. The van der Waals surface area contributed by atoms with Crippen molar-refractivity contribution in [2.45, 2.75) is 33.0 Å². The highest BCUT2D eigenvalue weighted by molar-refractivity contribution is 5.46. The van der Waals surface area contributed by atoms with E-state index in [2.05, 4.69) is 10.4 Å². The highest BCUT2D eigenvalue weighted by atomic mass is 16.5. The van der Waals surface area contributed by atoms with Gasteiger partial charge in [-0.3, -0.25) is 4.68 Å². The van der Waals surface area contributed by atoms with Crippen LogP contribution in [0.5, 0.6) is 5.75 Å². The van der Waals surface area contributed by atoms with Gasteiger partial charge in [0.25, 0.3) is 0 Å². The lowest BCUT2D eigenvalue weighted by atomic mass is 10.3. The van der Waals surface area contributed by atoms with E-state index in [9.17, 15) is 0 Å². The second-order valence-corrected chi connectivity index (χ2v) is 4.88. The molecule has 0 atom stereocenters. The lowest BCUT2D eigenvalue weighted by Crippen LogP contribution is -2.05. The summed E-state index contributed by atoms with van der Waals surface area (Å²) in [6.45, 7) is 5.36. The molecule has 2 N–H and O–H groups in total. The van der Waals surface area contributed by atoms with E-state index in [-0.39, 0.29) is 12.7 Å². The number of hydrogen-bond acceptors (Lipinski definition) is 4. The number of anilines is 1. The number of ether oxygens (including phenoxy) is 1. The van der Waals surface area contributed by atoms with Crippen molar-refractivity contribution in [1.29, 1.82) is 0 Å². The van der Waals surface area contributed by atoms with Crippen LogP contribution >= 0.6 is 0 Å². The van der Waals surface area contributed by atoms with Gasteiger partial charge in [0.15, 0.2) is 0 Å². The summed E-state index contributed by atoms with van der Waals surface area (Å²) < 4.78 is 7.33. The second kappa shape index (κ2) is 6.96. The molecule has 5 heteroatoms. The van der Waals surface area contributed by atoms with Gasteiger partial charge in [0, 0.05) is 24.0 Å². The van der Waals surface area contributed by atoms with Crippen LogP contribution in [0, 0.1) is 0 Å². The first-order valence-corrected chi connectivity index (χ1v) is 6.80. The molecule has 1 aromatic heterocycles. The summed E-state index contributed by atoms with van der Waals surface area (Å²) >= 11 is 0. The summed E-state index contributed by atoms with van der Waals surface area (Å²) in [5, 5.41) is 16.3. The van der Waals surface area contributed by atoms with Crippen molar-refractivity contribution in [3.8, 4) is 5.75 Å². The first-order valence-electron chi connectivity index (χ1n) is 6.80. The average Bonchev–Trinajstić information content (AvgIpc) is 2.86. The Morgan fingerprint density at radius 3 is 2.70 bits per heavy atom. The molecule has 5 nitrogen and oxygen atoms in total. The van der Waals surface area contributed by atoms with Crippen molar-refractivity contribution < 1.29 is 9.84 Å². The van der Waals surface area contributed by atoms with Crippen molar-refractivity contribution in [3.63, 3.8) is 0 Å². The number of aliphatic hydroxyl groups excluding tert-OH is 1. The molecule has 0 amide bonds. The van der Waals surface area contributed by atoms with Gasteiger partial charge in [0.1, 0.15) is 5.75 Å². The Balaban J connectivity index is 1.86. The van der Waals surface area contributed by atoms with Crippen molar-refractivity contribution in [3.05, 3.63) is 42.2 Å². The van der Waals surface area contributed by atoms with Gasteiger partial charge in [-0.05, 0) is 38.1 Å². The van der Waals surface area contributed by atoms with Crippen LogP contribution in [0.2, 0.25) is 0 Å². The zero-order chi connectivity index (χ0) is 14.4. The lowest BCUT2D eigenvalue weighted by Gasteiger charge is -2.10. The van der Waals surface area contributed by atoms with Crippen LogP contribution in [0.4, 0.5) is 5.69 Å². The van der Waals surface area contributed by atoms with Gasteiger partial charge < -0.3 is 15.2 Å². The highest BCUT2D eigenvalue weighted by Crippen LogP contribution is 2.17. The number of nitrogens with one attached hydrogen (secondary N) is 1. The van der Waals surface area contributed by atoms with Gasteiger partial charge in [-0.2, -0.15) is 5.10 Å². The zero-order valence-electron chi connectivity index (χ0n) is 11.9. The van der Waals surface area contributed by atoms with Crippen LogP contribution < -0.4 is 10.1 Å². The highest BCUT2D eigenvalue weighted by Gasteiger charge is 2.00. The van der Waals surface area contributed by atoms with Gasteiger partial charge in [0.05, 0.1) is 25.5 Å². The lowest BCUT2D eigenvalue weighted by molar-refractivity contribution is 0.242. The van der Waals surface area contributed by atoms with E-state index in [1.807, 2.05) is 44.3 Å². The van der Waals surface area contributed by atoms with Gasteiger partial charge in [0.2, 0.25) is 0 Å². The van der Waals surface area contributed by atoms with Crippen molar-refractivity contribution >= 4 is 5.69 Å². The number of aliphatic hydroxyl groups is 1. The SMILES string of the molecule is CC(C)Oc1ccc(NCc2cnn(CCO)c2)cc1. The molecule has 0 aliphatic heterocycles. The molecule has 0 aliphatic carbocycles. The molecule has 2 rings (SSSR count). The average molecular weight is 275 g/mol. The summed E-state index contributed by atoms with van der Waals surface area (Å²) in [6, 6.07) is 7.90. The largest absolute Gasteiger partial charge is 0.491 e. The quantitative estimate of drug-likeness (QED) is 0.814. The predicted octanol–water partition coefficient (Wildman–Crippen LogP) is 2.27. The van der Waals surface area contributed by atoms with Crippen LogP contribution in [0.1, 0.15) is 19.4 Å². The van der Waals surface area contributed by atoms with Gasteiger partial charge >= 0.3 is 0 Å².